The highest BCUT2D eigenvalue weighted by Gasteiger charge is 2.14. The summed E-state index contributed by atoms with van der Waals surface area (Å²) in [6.07, 6.45) is 0.875. The largest absolute Gasteiger partial charge is 0.497 e. The number of hydrogen-bond acceptors (Lipinski definition) is 3. The molecule has 112 valence electrons. The zero-order chi connectivity index (χ0) is 15.2. The van der Waals surface area contributed by atoms with Crippen LogP contribution >= 0.6 is 15.9 Å². The van der Waals surface area contributed by atoms with Gasteiger partial charge in [-0.25, -0.2) is 0 Å². The highest BCUT2D eigenvalue weighted by atomic mass is 79.9. The molecule has 0 aliphatic rings. The van der Waals surface area contributed by atoms with Crippen LogP contribution in [-0.2, 0) is 6.42 Å². The highest BCUT2D eigenvalue weighted by molar-refractivity contribution is 9.10. The van der Waals surface area contributed by atoms with Gasteiger partial charge < -0.3 is 14.6 Å². The van der Waals surface area contributed by atoms with E-state index >= 15 is 0 Å². The van der Waals surface area contributed by atoms with Crippen LogP contribution in [0.1, 0.15) is 23.7 Å². The minimum atomic E-state index is -0.556. The fourth-order valence-corrected chi connectivity index (χ4v) is 2.60. The van der Waals surface area contributed by atoms with Crippen molar-refractivity contribution in [2.75, 3.05) is 14.2 Å². The zero-order valence-corrected chi connectivity index (χ0v) is 13.8. The number of aliphatic hydroxyl groups is 1. The third-order valence-electron chi connectivity index (χ3n) is 3.42. The van der Waals surface area contributed by atoms with Crippen LogP contribution in [0.2, 0.25) is 0 Å². The Morgan fingerprint density at radius 1 is 1.05 bits per heavy atom. The van der Waals surface area contributed by atoms with E-state index in [0.717, 1.165) is 22.2 Å². The molecular weight excluding hydrogens is 332 g/mol. The van der Waals surface area contributed by atoms with Crippen molar-refractivity contribution in [3.8, 4) is 11.5 Å². The molecule has 4 heteroatoms. The predicted molar refractivity (Wildman–Crippen MR) is 87.0 cm³/mol. The first-order valence-corrected chi connectivity index (χ1v) is 7.57. The number of rotatable bonds is 6. The van der Waals surface area contributed by atoms with Gasteiger partial charge in [0.15, 0.2) is 0 Å². The SMILES string of the molecule is COc1ccc(CCC(O)c2cc(Br)ccc2OC)cc1. The van der Waals surface area contributed by atoms with Crippen LogP contribution < -0.4 is 9.47 Å². The minimum Gasteiger partial charge on any atom is -0.497 e. The van der Waals surface area contributed by atoms with E-state index in [2.05, 4.69) is 15.9 Å². The van der Waals surface area contributed by atoms with Crippen molar-refractivity contribution in [3.63, 3.8) is 0 Å². The fraction of sp³-hybridized carbons (Fsp3) is 0.294. The van der Waals surface area contributed by atoms with Crippen LogP contribution in [0.3, 0.4) is 0 Å². The first kappa shape index (κ1) is 15.9. The van der Waals surface area contributed by atoms with Crippen LogP contribution in [-0.4, -0.2) is 19.3 Å². The molecule has 0 saturated carbocycles. The van der Waals surface area contributed by atoms with Gasteiger partial charge in [-0.15, -0.1) is 0 Å². The molecule has 0 heterocycles. The van der Waals surface area contributed by atoms with Crippen molar-refractivity contribution in [2.24, 2.45) is 0 Å². The molecule has 2 aromatic rings. The van der Waals surface area contributed by atoms with Gasteiger partial charge in [0.05, 0.1) is 20.3 Å². The molecule has 0 fully saturated rings. The van der Waals surface area contributed by atoms with Crippen LogP contribution in [0.25, 0.3) is 0 Å². The van der Waals surface area contributed by atoms with Crippen molar-refractivity contribution in [2.45, 2.75) is 18.9 Å². The van der Waals surface area contributed by atoms with E-state index in [4.69, 9.17) is 9.47 Å². The Morgan fingerprint density at radius 2 is 1.76 bits per heavy atom. The summed E-state index contributed by atoms with van der Waals surface area (Å²) in [5.74, 6) is 1.55. The van der Waals surface area contributed by atoms with Gasteiger partial charge in [-0.3, -0.25) is 0 Å². The predicted octanol–water partition coefficient (Wildman–Crippen LogP) is 4.13. The third kappa shape index (κ3) is 4.22. The second-order valence-electron chi connectivity index (χ2n) is 4.79. The quantitative estimate of drug-likeness (QED) is 0.850. The van der Waals surface area contributed by atoms with Gasteiger partial charge in [-0.2, -0.15) is 0 Å². The molecule has 0 bridgehead atoms. The monoisotopic (exact) mass is 350 g/mol. The molecule has 0 aromatic heterocycles. The average molecular weight is 351 g/mol. The van der Waals surface area contributed by atoms with Gasteiger partial charge >= 0.3 is 0 Å². The molecule has 2 aromatic carbocycles. The van der Waals surface area contributed by atoms with Crippen LogP contribution in [0.4, 0.5) is 0 Å². The van der Waals surface area contributed by atoms with Crippen molar-refractivity contribution < 1.29 is 14.6 Å². The molecule has 3 nitrogen and oxygen atoms in total. The third-order valence-corrected chi connectivity index (χ3v) is 3.91. The summed E-state index contributed by atoms with van der Waals surface area (Å²) in [6.45, 7) is 0. The summed E-state index contributed by atoms with van der Waals surface area (Å²) in [6, 6.07) is 13.6. The highest BCUT2D eigenvalue weighted by Crippen LogP contribution is 2.31. The van der Waals surface area contributed by atoms with Gasteiger partial charge in [-0.05, 0) is 48.7 Å². The molecule has 1 atom stereocenters. The van der Waals surface area contributed by atoms with Gasteiger partial charge in [0.25, 0.3) is 0 Å². The molecular formula is C17H19BrO3. The van der Waals surface area contributed by atoms with E-state index in [-0.39, 0.29) is 0 Å². The van der Waals surface area contributed by atoms with Crippen LogP contribution in [0.5, 0.6) is 11.5 Å². The molecule has 0 aliphatic carbocycles. The van der Waals surface area contributed by atoms with E-state index in [0.29, 0.717) is 12.2 Å². The Labute approximate surface area is 133 Å². The molecule has 0 spiro atoms. The Balaban J connectivity index is 2.03. The van der Waals surface area contributed by atoms with E-state index in [9.17, 15) is 5.11 Å². The number of aliphatic hydroxyl groups excluding tert-OH is 1. The lowest BCUT2D eigenvalue weighted by Gasteiger charge is -2.15. The lowest BCUT2D eigenvalue weighted by Crippen LogP contribution is -2.02. The van der Waals surface area contributed by atoms with Gasteiger partial charge in [-0.1, -0.05) is 28.1 Å². The molecule has 0 radical (unpaired) electrons. The van der Waals surface area contributed by atoms with Crippen molar-refractivity contribution in [1.29, 1.82) is 0 Å². The topological polar surface area (TPSA) is 38.7 Å². The first-order valence-electron chi connectivity index (χ1n) is 6.78. The number of benzene rings is 2. The van der Waals surface area contributed by atoms with Crippen molar-refractivity contribution >= 4 is 15.9 Å². The normalized spacial score (nSPS) is 12.0. The van der Waals surface area contributed by atoms with Crippen molar-refractivity contribution in [3.05, 3.63) is 58.1 Å². The smallest absolute Gasteiger partial charge is 0.124 e. The second-order valence-corrected chi connectivity index (χ2v) is 5.70. The number of hydrogen-bond donors (Lipinski definition) is 1. The minimum absolute atomic E-state index is 0.556. The fourth-order valence-electron chi connectivity index (χ4n) is 2.22. The second kappa shape index (κ2) is 7.48. The summed E-state index contributed by atoms with van der Waals surface area (Å²) < 4.78 is 11.4. The average Bonchev–Trinajstić information content (AvgIpc) is 2.53. The van der Waals surface area contributed by atoms with E-state index < -0.39 is 6.10 Å². The van der Waals surface area contributed by atoms with Gasteiger partial charge in [0.2, 0.25) is 0 Å². The van der Waals surface area contributed by atoms with Crippen LogP contribution in [0, 0.1) is 0 Å². The van der Waals surface area contributed by atoms with Crippen molar-refractivity contribution in [1.82, 2.24) is 0 Å². The zero-order valence-electron chi connectivity index (χ0n) is 12.2. The van der Waals surface area contributed by atoms with E-state index in [1.807, 2.05) is 42.5 Å². The molecule has 21 heavy (non-hydrogen) atoms. The number of methoxy groups -OCH3 is 2. The van der Waals surface area contributed by atoms with E-state index in [1.165, 1.54) is 5.56 Å². The van der Waals surface area contributed by atoms with Gasteiger partial charge in [0, 0.05) is 10.0 Å². The standard InChI is InChI=1S/C17H19BrO3/c1-20-14-7-3-12(4-8-14)5-9-16(19)15-11-13(18)6-10-17(15)21-2/h3-4,6-8,10-11,16,19H,5,9H2,1-2H3. The molecule has 1 unspecified atom stereocenters. The number of aryl methyl sites for hydroxylation is 1. The summed E-state index contributed by atoms with van der Waals surface area (Å²) in [4.78, 5) is 0. The molecule has 1 N–H and O–H groups in total. The Morgan fingerprint density at radius 3 is 2.38 bits per heavy atom. The maximum absolute atomic E-state index is 10.4. The summed E-state index contributed by atoms with van der Waals surface area (Å²) in [5, 5.41) is 10.4. The maximum atomic E-state index is 10.4. The van der Waals surface area contributed by atoms with Crippen LogP contribution in [0.15, 0.2) is 46.9 Å². The maximum Gasteiger partial charge on any atom is 0.124 e. The molecule has 0 aliphatic heterocycles. The summed E-state index contributed by atoms with van der Waals surface area (Å²) in [7, 11) is 3.27. The molecule has 0 amide bonds. The Kier molecular flexibility index (Phi) is 5.65. The lowest BCUT2D eigenvalue weighted by molar-refractivity contribution is 0.163. The molecule has 2 rings (SSSR count). The lowest BCUT2D eigenvalue weighted by atomic mass is 10.0. The summed E-state index contributed by atoms with van der Waals surface area (Å²) >= 11 is 3.43. The number of ether oxygens (including phenoxy) is 2. The number of halogens is 1. The Bertz CT molecular complexity index is 581. The Hall–Kier alpha value is -1.52. The molecule has 0 saturated heterocycles. The van der Waals surface area contributed by atoms with Gasteiger partial charge in [0.1, 0.15) is 11.5 Å². The summed E-state index contributed by atoms with van der Waals surface area (Å²) in [5.41, 5.74) is 1.98. The van der Waals surface area contributed by atoms with E-state index in [1.54, 1.807) is 14.2 Å². The first-order chi connectivity index (χ1) is 10.1.